The molecule has 0 saturated heterocycles. The lowest BCUT2D eigenvalue weighted by atomic mass is 10.1. The lowest BCUT2D eigenvalue weighted by molar-refractivity contribution is 0.434. The number of nitrogens with one attached hydrogen (secondary N) is 1. The van der Waals surface area contributed by atoms with E-state index in [1.54, 1.807) is 6.20 Å². The van der Waals surface area contributed by atoms with E-state index in [2.05, 4.69) is 9.71 Å². The first-order valence-electron chi connectivity index (χ1n) is 6.34. The Labute approximate surface area is 110 Å². The van der Waals surface area contributed by atoms with Crippen LogP contribution < -0.4 is 4.72 Å². The Morgan fingerprint density at radius 3 is 2.56 bits per heavy atom. The molecule has 0 spiro atoms. The van der Waals surface area contributed by atoms with Gasteiger partial charge in [0.25, 0.3) is 0 Å². The minimum Gasteiger partial charge on any atom is -0.337 e. The molecule has 0 amide bonds. The van der Waals surface area contributed by atoms with Crippen LogP contribution in [0.2, 0.25) is 0 Å². The summed E-state index contributed by atoms with van der Waals surface area (Å²) in [6, 6.07) is -0.271. The highest BCUT2D eigenvalue weighted by Gasteiger charge is 2.24. The van der Waals surface area contributed by atoms with Crippen molar-refractivity contribution in [1.82, 2.24) is 14.3 Å². The van der Waals surface area contributed by atoms with Gasteiger partial charge in [0, 0.05) is 19.4 Å². The van der Waals surface area contributed by atoms with Gasteiger partial charge in [-0.1, -0.05) is 27.2 Å². The van der Waals surface area contributed by atoms with Crippen LogP contribution in [-0.2, 0) is 17.1 Å². The summed E-state index contributed by atoms with van der Waals surface area (Å²) in [5.41, 5.74) is 0. The van der Waals surface area contributed by atoms with Crippen molar-refractivity contribution in [1.29, 1.82) is 0 Å². The zero-order valence-electron chi connectivity index (χ0n) is 11.5. The number of imidazole rings is 1. The molecule has 0 aliphatic rings. The summed E-state index contributed by atoms with van der Waals surface area (Å²) >= 11 is 0. The van der Waals surface area contributed by atoms with Gasteiger partial charge in [0.15, 0.2) is 0 Å². The van der Waals surface area contributed by atoms with E-state index >= 15 is 0 Å². The molecule has 104 valence electrons. The summed E-state index contributed by atoms with van der Waals surface area (Å²) in [6.07, 6.45) is 5.06. The molecule has 0 unspecified atom stereocenters. The molecule has 0 aromatic carbocycles. The first-order chi connectivity index (χ1) is 8.37. The Morgan fingerprint density at radius 1 is 1.44 bits per heavy atom. The summed E-state index contributed by atoms with van der Waals surface area (Å²) < 4.78 is 28.5. The second kappa shape index (κ2) is 6.33. The maximum absolute atomic E-state index is 12.0. The van der Waals surface area contributed by atoms with Crippen molar-refractivity contribution in [3.63, 3.8) is 0 Å². The molecule has 1 atom stereocenters. The van der Waals surface area contributed by atoms with Gasteiger partial charge in [-0.05, 0) is 12.3 Å². The predicted octanol–water partition coefficient (Wildman–Crippen LogP) is 1.84. The number of hydrogen-bond donors (Lipinski definition) is 1. The van der Waals surface area contributed by atoms with E-state index in [0.717, 1.165) is 12.2 Å². The summed E-state index contributed by atoms with van der Waals surface area (Å²) in [6.45, 7) is 5.96. The largest absolute Gasteiger partial charge is 0.337 e. The molecule has 0 saturated carbocycles. The van der Waals surface area contributed by atoms with E-state index < -0.39 is 10.0 Å². The van der Waals surface area contributed by atoms with Gasteiger partial charge in [0.2, 0.25) is 10.0 Å². The number of sulfonamides is 1. The molecule has 5 nitrogen and oxygen atoms in total. The lowest BCUT2D eigenvalue weighted by Crippen LogP contribution is -2.35. The minimum atomic E-state index is -3.23. The van der Waals surface area contributed by atoms with Crippen LogP contribution >= 0.6 is 0 Å². The van der Waals surface area contributed by atoms with Crippen molar-refractivity contribution < 1.29 is 8.42 Å². The second-order valence-electron chi connectivity index (χ2n) is 4.91. The molecule has 6 heteroatoms. The van der Waals surface area contributed by atoms with Gasteiger partial charge in [-0.2, -0.15) is 0 Å². The highest BCUT2D eigenvalue weighted by molar-refractivity contribution is 7.89. The van der Waals surface area contributed by atoms with Gasteiger partial charge in [-0.15, -0.1) is 0 Å². The van der Waals surface area contributed by atoms with Crippen molar-refractivity contribution in [3.05, 3.63) is 18.2 Å². The maximum Gasteiger partial charge on any atom is 0.212 e. The van der Waals surface area contributed by atoms with Crippen LogP contribution in [0.25, 0.3) is 0 Å². The smallest absolute Gasteiger partial charge is 0.212 e. The van der Waals surface area contributed by atoms with E-state index in [4.69, 9.17) is 0 Å². The van der Waals surface area contributed by atoms with Crippen molar-refractivity contribution in [2.24, 2.45) is 13.0 Å². The second-order valence-corrected chi connectivity index (χ2v) is 6.78. The summed E-state index contributed by atoms with van der Waals surface area (Å²) in [4.78, 5) is 4.24. The molecule has 18 heavy (non-hydrogen) atoms. The normalized spacial score (nSPS) is 14.1. The van der Waals surface area contributed by atoms with E-state index in [-0.39, 0.29) is 17.7 Å². The van der Waals surface area contributed by atoms with Gasteiger partial charge >= 0.3 is 0 Å². The Kier molecular flexibility index (Phi) is 5.34. The predicted molar refractivity (Wildman–Crippen MR) is 72.6 cm³/mol. The highest BCUT2D eigenvalue weighted by atomic mass is 32.2. The zero-order valence-corrected chi connectivity index (χ0v) is 12.4. The molecule has 1 heterocycles. The Hall–Kier alpha value is -0.880. The van der Waals surface area contributed by atoms with Crippen molar-refractivity contribution >= 4 is 10.0 Å². The Bertz CT molecular complexity index is 465. The first-order valence-corrected chi connectivity index (χ1v) is 8.00. The van der Waals surface area contributed by atoms with Gasteiger partial charge < -0.3 is 4.57 Å². The maximum atomic E-state index is 12.0. The summed E-state index contributed by atoms with van der Waals surface area (Å²) in [7, 11) is -1.36. The average molecular weight is 273 g/mol. The molecule has 0 fully saturated rings. The summed E-state index contributed by atoms with van der Waals surface area (Å²) in [5.74, 6) is 1.09. The number of aromatic nitrogens is 2. The molecule has 0 aliphatic carbocycles. The fourth-order valence-electron chi connectivity index (χ4n) is 1.75. The van der Waals surface area contributed by atoms with Gasteiger partial charge in [-0.25, -0.2) is 18.1 Å². The fourth-order valence-corrected chi connectivity index (χ4v) is 3.30. The molecule has 0 aliphatic heterocycles. The molecule has 1 N–H and O–H groups in total. The monoisotopic (exact) mass is 273 g/mol. The third kappa shape index (κ3) is 4.10. The minimum absolute atomic E-state index is 0.155. The number of aryl methyl sites for hydroxylation is 1. The fraction of sp³-hybridized carbons (Fsp3) is 0.750. The van der Waals surface area contributed by atoms with E-state index in [0.29, 0.717) is 6.42 Å². The van der Waals surface area contributed by atoms with Crippen LogP contribution in [0, 0.1) is 5.92 Å². The van der Waals surface area contributed by atoms with Gasteiger partial charge in [-0.3, -0.25) is 0 Å². The summed E-state index contributed by atoms with van der Waals surface area (Å²) in [5, 5.41) is 0. The van der Waals surface area contributed by atoms with Crippen LogP contribution in [0.4, 0.5) is 0 Å². The van der Waals surface area contributed by atoms with Crippen molar-refractivity contribution in [3.8, 4) is 0 Å². The zero-order chi connectivity index (χ0) is 13.8. The third-order valence-corrected chi connectivity index (χ3v) is 4.32. The standard InChI is InChI=1S/C12H23N3O2S/c1-5-6-9-18(16,17)14-11(10(2)3)12-13-7-8-15(12)4/h7-8,10-11,14H,5-6,9H2,1-4H3/t11-/m0/s1. The average Bonchev–Trinajstić information content (AvgIpc) is 2.69. The molecule has 1 rings (SSSR count). The van der Waals surface area contributed by atoms with Crippen molar-refractivity contribution in [2.75, 3.05) is 5.75 Å². The van der Waals surface area contributed by atoms with E-state index in [1.165, 1.54) is 0 Å². The third-order valence-electron chi connectivity index (χ3n) is 2.88. The molecule has 1 aromatic rings. The number of hydrogen-bond acceptors (Lipinski definition) is 3. The topological polar surface area (TPSA) is 64.0 Å². The van der Waals surface area contributed by atoms with Gasteiger partial charge in [0.05, 0.1) is 11.8 Å². The number of nitrogens with zero attached hydrogens (tertiary/aromatic N) is 2. The van der Waals surface area contributed by atoms with Crippen LogP contribution in [0.15, 0.2) is 12.4 Å². The molecular weight excluding hydrogens is 250 g/mol. The first kappa shape index (κ1) is 15.2. The quantitative estimate of drug-likeness (QED) is 0.824. The Balaban J connectivity index is 2.86. The number of unbranched alkanes of at least 4 members (excludes halogenated alkanes) is 1. The lowest BCUT2D eigenvalue weighted by Gasteiger charge is -2.21. The van der Waals surface area contributed by atoms with E-state index in [9.17, 15) is 8.42 Å². The molecular formula is C12H23N3O2S. The van der Waals surface area contributed by atoms with Gasteiger partial charge in [0.1, 0.15) is 5.82 Å². The van der Waals surface area contributed by atoms with Crippen LogP contribution in [0.1, 0.15) is 45.5 Å². The molecule has 0 radical (unpaired) electrons. The van der Waals surface area contributed by atoms with Crippen LogP contribution in [0.3, 0.4) is 0 Å². The van der Waals surface area contributed by atoms with Crippen LogP contribution in [-0.4, -0.2) is 23.7 Å². The highest BCUT2D eigenvalue weighted by Crippen LogP contribution is 2.20. The SMILES string of the molecule is CCCCS(=O)(=O)N[C@H](c1nccn1C)C(C)C. The van der Waals surface area contributed by atoms with Crippen molar-refractivity contribution in [2.45, 2.75) is 39.7 Å². The van der Waals surface area contributed by atoms with E-state index in [1.807, 2.05) is 38.6 Å². The Morgan fingerprint density at radius 2 is 2.11 bits per heavy atom. The molecule has 1 aromatic heterocycles. The molecule has 0 bridgehead atoms. The number of rotatable bonds is 7. The van der Waals surface area contributed by atoms with Crippen LogP contribution in [0.5, 0.6) is 0 Å².